The summed E-state index contributed by atoms with van der Waals surface area (Å²) < 4.78 is 5.46. The number of pyridine rings is 1. The van der Waals surface area contributed by atoms with Crippen LogP contribution in [0.2, 0.25) is 0 Å². The summed E-state index contributed by atoms with van der Waals surface area (Å²) in [4.78, 5) is 6.91. The van der Waals surface area contributed by atoms with Gasteiger partial charge in [0, 0.05) is 43.5 Å². The maximum atomic E-state index is 5.69. The molecule has 1 aromatic rings. The lowest BCUT2D eigenvalue weighted by molar-refractivity contribution is 0.239. The molecule has 0 atom stereocenters. The van der Waals surface area contributed by atoms with Crippen molar-refractivity contribution >= 4 is 0 Å². The number of ether oxygens (including phenoxy) is 1. The van der Waals surface area contributed by atoms with Gasteiger partial charge in [0.15, 0.2) is 0 Å². The zero-order valence-electron chi connectivity index (χ0n) is 12.9. The molecule has 0 unspecified atom stereocenters. The molecule has 0 saturated heterocycles. The van der Waals surface area contributed by atoms with Crippen molar-refractivity contribution in [3.8, 4) is 5.75 Å². The van der Waals surface area contributed by atoms with Crippen molar-refractivity contribution in [2.45, 2.75) is 34.2 Å². The zero-order valence-corrected chi connectivity index (χ0v) is 12.9. The molecule has 0 fully saturated rings. The van der Waals surface area contributed by atoms with Crippen LogP contribution in [0, 0.1) is 19.8 Å². The van der Waals surface area contributed by atoms with E-state index in [0.717, 1.165) is 42.2 Å². The summed E-state index contributed by atoms with van der Waals surface area (Å²) in [6.45, 7) is 12.0. The van der Waals surface area contributed by atoms with Gasteiger partial charge in [0.05, 0.1) is 12.8 Å². The first-order valence-electron chi connectivity index (χ1n) is 6.91. The van der Waals surface area contributed by atoms with Gasteiger partial charge in [-0.05, 0) is 19.8 Å². The van der Waals surface area contributed by atoms with Crippen LogP contribution in [0.4, 0.5) is 0 Å². The molecule has 4 nitrogen and oxygen atoms in total. The Balaban J connectivity index is 2.90. The lowest BCUT2D eigenvalue weighted by atomic mass is 10.1. The molecule has 0 amide bonds. The van der Waals surface area contributed by atoms with Crippen molar-refractivity contribution < 1.29 is 4.74 Å². The number of aromatic nitrogens is 1. The Morgan fingerprint density at radius 3 is 2.58 bits per heavy atom. The van der Waals surface area contributed by atoms with Crippen molar-refractivity contribution in [2.75, 3.05) is 26.7 Å². The quantitative estimate of drug-likeness (QED) is 0.820. The summed E-state index contributed by atoms with van der Waals surface area (Å²) in [5.41, 5.74) is 8.98. The Hall–Kier alpha value is -1.13. The Kier molecular flexibility index (Phi) is 6.25. The Morgan fingerprint density at radius 1 is 1.37 bits per heavy atom. The number of rotatable bonds is 7. The normalized spacial score (nSPS) is 11.4. The molecule has 0 aromatic carbocycles. The first-order chi connectivity index (χ1) is 8.99. The van der Waals surface area contributed by atoms with E-state index in [1.807, 2.05) is 13.1 Å². The van der Waals surface area contributed by atoms with Crippen LogP contribution in [0.25, 0.3) is 0 Å². The van der Waals surface area contributed by atoms with Gasteiger partial charge >= 0.3 is 0 Å². The lowest BCUT2D eigenvalue weighted by Crippen LogP contribution is -2.32. The van der Waals surface area contributed by atoms with Crippen molar-refractivity contribution in [1.82, 2.24) is 9.88 Å². The molecule has 2 N–H and O–H groups in total. The molecule has 19 heavy (non-hydrogen) atoms. The second kappa shape index (κ2) is 7.46. The Bertz CT molecular complexity index is 405. The molecule has 108 valence electrons. The van der Waals surface area contributed by atoms with E-state index < -0.39 is 0 Å². The minimum Gasteiger partial charge on any atom is -0.496 e. The number of hydrogen-bond donors (Lipinski definition) is 1. The third kappa shape index (κ3) is 4.48. The molecule has 0 spiro atoms. The van der Waals surface area contributed by atoms with Crippen molar-refractivity contribution in [2.24, 2.45) is 11.7 Å². The topological polar surface area (TPSA) is 51.4 Å². The highest BCUT2D eigenvalue weighted by Gasteiger charge is 2.13. The van der Waals surface area contributed by atoms with Crippen LogP contribution in [0.1, 0.15) is 30.7 Å². The summed E-state index contributed by atoms with van der Waals surface area (Å²) in [6.07, 6.45) is 1.89. The number of nitrogens with zero attached hydrogens (tertiary/aromatic N) is 2. The number of nitrogens with two attached hydrogens (primary N) is 1. The van der Waals surface area contributed by atoms with Gasteiger partial charge in [0.2, 0.25) is 0 Å². The van der Waals surface area contributed by atoms with E-state index >= 15 is 0 Å². The smallest absolute Gasteiger partial charge is 0.128 e. The molecular formula is C15H27N3O. The first-order valence-corrected chi connectivity index (χ1v) is 6.91. The summed E-state index contributed by atoms with van der Waals surface area (Å²) in [6, 6.07) is 0. The van der Waals surface area contributed by atoms with Crippen LogP contribution < -0.4 is 10.5 Å². The maximum Gasteiger partial charge on any atom is 0.128 e. The monoisotopic (exact) mass is 265 g/mol. The molecule has 0 saturated carbocycles. The van der Waals surface area contributed by atoms with Crippen LogP contribution in [0.3, 0.4) is 0 Å². The average Bonchev–Trinajstić information content (AvgIpc) is 2.33. The molecule has 1 aromatic heterocycles. The highest BCUT2D eigenvalue weighted by Crippen LogP contribution is 2.24. The maximum absolute atomic E-state index is 5.69. The van der Waals surface area contributed by atoms with Crippen molar-refractivity contribution in [1.29, 1.82) is 0 Å². The number of hydrogen-bond acceptors (Lipinski definition) is 4. The molecule has 1 rings (SSSR count). The van der Waals surface area contributed by atoms with Crippen LogP contribution in [-0.2, 0) is 6.54 Å². The Morgan fingerprint density at radius 2 is 2.05 bits per heavy atom. The van der Waals surface area contributed by atoms with Crippen LogP contribution in [0.5, 0.6) is 5.75 Å². The SMILES string of the molecule is COc1c(C)cnc(CN(CCN)CC(C)C)c1C. The minimum atomic E-state index is 0.624. The summed E-state index contributed by atoms with van der Waals surface area (Å²) in [7, 11) is 1.71. The van der Waals surface area contributed by atoms with E-state index in [-0.39, 0.29) is 0 Å². The molecular weight excluding hydrogens is 238 g/mol. The highest BCUT2D eigenvalue weighted by molar-refractivity contribution is 5.41. The molecule has 0 aliphatic heterocycles. The van der Waals surface area contributed by atoms with E-state index in [2.05, 4.69) is 30.7 Å². The van der Waals surface area contributed by atoms with Crippen molar-refractivity contribution in [3.63, 3.8) is 0 Å². The van der Waals surface area contributed by atoms with Crippen LogP contribution >= 0.6 is 0 Å². The first kappa shape index (κ1) is 15.9. The summed E-state index contributed by atoms with van der Waals surface area (Å²) in [5.74, 6) is 1.57. The van der Waals surface area contributed by atoms with Gasteiger partial charge in [0.1, 0.15) is 5.75 Å². The molecule has 0 bridgehead atoms. The fraction of sp³-hybridized carbons (Fsp3) is 0.667. The van der Waals surface area contributed by atoms with Gasteiger partial charge in [-0.25, -0.2) is 0 Å². The van der Waals surface area contributed by atoms with Gasteiger partial charge < -0.3 is 10.5 Å². The van der Waals surface area contributed by atoms with E-state index in [0.29, 0.717) is 12.5 Å². The van der Waals surface area contributed by atoms with E-state index in [1.165, 1.54) is 0 Å². The molecule has 0 aliphatic rings. The number of methoxy groups -OCH3 is 1. The Labute approximate surface area is 117 Å². The molecule has 1 heterocycles. The summed E-state index contributed by atoms with van der Waals surface area (Å²) >= 11 is 0. The fourth-order valence-electron chi connectivity index (χ4n) is 2.38. The van der Waals surface area contributed by atoms with Gasteiger partial charge in [-0.1, -0.05) is 13.8 Å². The highest BCUT2D eigenvalue weighted by atomic mass is 16.5. The fourth-order valence-corrected chi connectivity index (χ4v) is 2.38. The number of aryl methyl sites for hydroxylation is 1. The van der Waals surface area contributed by atoms with E-state index in [4.69, 9.17) is 10.5 Å². The van der Waals surface area contributed by atoms with Crippen LogP contribution in [-0.4, -0.2) is 36.6 Å². The standard InChI is InChI=1S/C15H27N3O/c1-11(2)9-18(7-6-16)10-14-13(4)15(19-5)12(3)8-17-14/h8,11H,6-7,9-10,16H2,1-5H3. The second-order valence-corrected chi connectivity index (χ2v) is 5.46. The predicted octanol–water partition coefficient (Wildman–Crippen LogP) is 2.12. The average molecular weight is 265 g/mol. The minimum absolute atomic E-state index is 0.624. The molecule has 0 aliphatic carbocycles. The van der Waals surface area contributed by atoms with Gasteiger partial charge in [-0.15, -0.1) is 0 Å². The van der Waals surface area contributed by atoms with E-state index in [1.54, 1.807) is 7.11 Å². The zero-order chi connectivity index (χ0) is 14.4. The third-order valence-electron chi connectivity index (χ3n) is 3.19. The van der Waals surface area contributed by atoms with Gasteiger partial charge in [0.25, 0.3) is 0 Å². The molecule has 0 radical (unpaired) electrons. The van der Waals surface area contributed by atoms with Crippen molar-refractivity contribution in [3.05, 3.63) is 23.0 Å². The third-order valence-corrected chi connectivity index (χ3v) is 3.19. The summed E-state index contributed by atoms with van der Waals surface area (Å²) in [5, 5.41) is 0. The van der Waals surface area contributed by atoms with Gasteiger partial charge in [-0.2, -0.15) is 0 Å². The molecule has 4 heteroatoms. The van der Waals surface area contributed by atoms with E-state index in [9.17, 15) is 0 Å². The lowest BCUT2D eigenvalue weighted by Gasteiger charge is -2.24. The van der Waals surface area contributed by atoms with Crippen LogP contribution in [0.15, 0.2) is 6.20 Å². The van der Waals surface area contributed by atoms with Gasteiger partial charge in [-0.3, -0.25) is 9.88 Å². The predicted molar refractivity (Wildman–Crippen MR) is 79.4 cm³/mol. The largest absolute Gasteiger partial charge is 0.496 e. The second-order valence-electron chi connectivity index (χ2n) is 5.46.